The fourth-order valence-corrected chi connectivity index (χ4v) is 1.69. The Morgan fingerprint density at radius 2 is 1.94 bits per heavy atom. The molecule has 1 aromatic carbocycles. The van der Waals surface area contributed by atoms with Crippen molar-refractivity contribution in [3.8, 4) is 0 Å². The molecule has 0 amide bonds. The van der Waals surface area contributed by atoms with E-state index in [2.05, 4.69) is 6.92 Å². The first-order valence-corrected chi connectivity index (χ1v) is 5.78. The second-order valence-corrected chi connectivity index (χ2v) is 4.03. The molecule has 0 radical (unpaired) electrons. The van der Waals surface area contributed by atoms with Crippen molar-refractivity contribution in [2.45, 2.75) is 45.1 Å². The molecule has 1 nitrogen and oxygen atoms in total. The molecule has 1 rings (SSSR count). The van der Waals surface area contributed by atoms with Crippen molar-refractivity contribution < 1.29 is 13.9 Å². The first kappa shape index (κ1) is 13.1. The van der Waals surface area contributed by atoms with Crippen molar-refractivity contribution in [1.82, 2.24) is 0 Å². The first-order valence-electron chi connectivity index (χ1n) is 5.78. The highest BCUT2D eigenvalue weighted by Crippen LogP contribution is 2.23. The highest BCUT2D eigenvalue weighted by atomic mass is 19.1. The zero-order chi connectivity index (χ0) is 12.0. The summed E-state index contributed by atoms with van der Waals surface area (Å²) in [5.41, 5.74) is 0.192. The summed E-state index contributed by atoms with van der Waals surface area (Å²) in [6.07, 6.45) is 3.86. The molecule has 1 aromatic rings. The van der Waals surface area contributed by atoms with Gasteiger partial charge in [0.2, 0.25) is 0 Å². The molecule has 16 heavy (non-hydrogen) atoms. The lowest BCUT2D eigenvalue weighted by Gasteiger charge is -2.11. The van der Waals surface area contributed by atoms with E-state index in [0.29, 0.717) is 6.42 Å². The minimum absolute atomic E-state index is 0.192. The number of unbranched alkanes of at least 4 members (excludes halogenated alkanes) is 3. The van der Waals surface area contributed by atoms with Gasteiger partial charge in [-0.05, 0) is 12.5 Å². The van der Waals surface area contributed by atoms with Gasteiger partial charge in [-0.15, -0.1) is 0 Å². The molecule has 3 heteroatoms. The van der Waals surface area contributed by atoms with Crippen LogP contribution in [0, 0.1) is 11.6 Å². The van der Waals surface area contributed by atoms with E-state index in [-0.39, 0.29) is 5.56 Å². The van der Waals surface area contributed by atoms with Crippen LogP contribution in [0.2, 0.25) is 0 Å². The van der Waals surface area contributed by atoms with E-state index >= 15 is 0 Å². The number of hydrogen-bond acceptors (Lipinski definition) is 1. The van der Waals surface area contributed by atoms with Gasteiger partial charge in [0.1, 0.15) is 11.6 Å². The van der Waals surface area contributed by atoms with E-state index in [9.17, 15) is 13.9 Å². The molecule has 0 heterocycles. The molecule has 0 saturated heterocycles. The fraction of sp³-hybridized carbons (Fsp3) is 0.538. The van der Waals surface area contributed by atoms with Crippen LogP contribution in [0.1, 0.15) is 50.7 Å². The molecule has 1 N–H and O–H groups in total. The molecule has 0 saturated carbocycles. The lowest BCUT2D eigenvalue weighted by molar-refractivity contribution is 0.158. The highest BCUT2D eigenvalue weighted by Gasteiger charge is 2.12. The zero-order valence-corrected chi connectivity index (χ0v) is 9.55. The van der Waals surface area contributed by atoms with Crippen LogP contribution < -0.4 is 0 Å². The Balaban J connectivity index is 2.49. The maximum absolute atomic E-state index is 13.3. The highest BCUT2D eigenvalue weighted by molar-refractivity contribution is 5.20. The molecule has 1 unspecified atom stereocenters. The molecule has 1 atom stereocenters. The van der Waals surface area contributed by atoms with Crippen molar-refractivity contribution in [2.75, 3.05) is 0 Å². The summed E-state index contributed by atoms with van der Waals surface area (Å²) in [6.45, 7) is 2.11. The largest absolute Gasteiger partial charge is 0.388 e. The number of aliphatic hydroxyl groups is 1. The molecule has 0 fully saturated rings. The summed E-state index contributed by atoms with van der Waals surface area (Å²) in [5, 5.41) is 9.73. The molecule has 0 bridgehead atoms. The van der Waals surface area contributed by atoms with Gasteiger partial charge in [-0.25, -0.2) is 8.78 Å². The van der Waals surface area contributed by atoms with Gasteiger partial charge in [0.05, 0.1) is 6.10 Å². The lowest BCUT2D eigenvalue weighted by Crippen LogP contribution is -2.01. The van der Waals surface area contributed by atoms with Crippen molar-refractivity contribution in [2.24, 2.45) is 0 Å². The Morgan fingerprint density at radius 1 is 1.19 bits per heavy atom. The van der Waals surface area contributed by atoms with Gasteiger partial charge in [-0.3, -0.25) is 0 Å². The molecule has 0 aliphatic heterocycles. The number of hydrogen-bond donors (Lipinski definition) is 1. The summed E-state index contributed by atoms with van der Waals surface area (Å²) >= 11 is 0. The van der Waals surface area contributed by atoms with Crippen LogP contribution in [-0.4, -0.2) is 5.11 Å². The van der Waals surface area contributed by atoms with Crippen molar-refractivity contribution in [1.29, 1.82) is 0 Å². The molecule has 90 valence electrons. The topological polar surface area (TPSA) is 20.2 Å². The molecule has 0 spiro atoms. The minimum atomic E-state index is -0.822. The first-order chi connectivity index (χ1) is 7.65. The summed E-state index contributed by atoms with van der Waals surface area (Å²) in [4.78, 5) is 0. The molecule has 0 aliphatic rings. The summed E-state index contributed by atoms with van der Waals surface area (Å²) in [6, 6.07) is 3.30. The standard InChI is InChI=1S/C13H18F2O/c1-2-3-4-5-6-13(16)11-8-7-10(14)9-12(11)15/h7-9,13,16H,2-6H2,1H3. The maximum atomic E-state index is 13.3. The van der Waals surface area contributed by atoms with E-state index in [0.717, 1.165) is 31.7 Å². The van der Waals surface area contributed by atoms with Gasteiger partial charge in [-0.2, -0.15) is 0 Å². The number of aliphatic hydroxyl groups excluding tert-OH is 1. The van der Waals surface area contributed by atoms with Crippen LogP contribution in [-0.2, 0) is 0 Å². The van der Waals surface area contributed by atoms with Gasteiger partial charge in [-0.1, -0.05) is 38.7 Å². The molecule has 0 aromatic heterocycles. The Morgan fingerprint density at radius 3 is 2.56 bits per heavy atom. The second kappa shape index (κ2) is 6.59. The van der Waals surface area contributed by atoms with Crippen LogP contribution >= 0.6 is 0 Å². The zero-order valence-electron chi connectivity index (χ0n) is 9.55. The van der Waals surface area contributed by atoms with E-state index in [1.807, 2.05) is 0 Å². The number of halogens is 2. The maximum Gasteiger partial charge on any atom is 0.131 e. The van der Waals surface area contributed by atoms with Crippen molar-refractivity contribution in [3.05, 3.63) is 35.4 Å². The average molecular weight is 228 g/mol. The molecular formula is C13H18F2O. The quantitative estimate of drug-likeness (QED) is 0.730. The molecular weight excluding hydrogens is 210 g/mol. The SMILES string of the molecule is CCCCCCC(O)c1ccc(F)cc1F. The van der Waals surface area contributed by atoms with Gasteiger partial charge < -0.3 is 5.11 Å². The lowest BCUT2D eigenvalue weighted by atomic mass is 10.0. The normalized spacial score (nSPS) is 12.8. The Labute approximate surface area is 95.1 Å². The van der Waals surface area contributed by atoms with E-state index < -0.39 is 17.7 Å². The Bertz CT molecular complexity index is 326. The van der Waals surface area contributed by atoms with Crippen LogP contribution in [0.25, 0.3) is 0 Å². The van der Waals surface area contributed by atoms with Crippen LogP contribution in [0.15, 0.2) is 18.2 Å². The van der Waals surface area contributed by atoms with Gasteiger partial charge in [0, 0.05) is 11.6 Å². The summed E-state index contributed by atoms with van der Waals surface area (Å²) < 4.78 is 25.9. The van der Waals surface area contributed by atoms with E-state index in [1.54, 1.807) is 0 Å². The number of rotatable bonds is 6. The van der Waals surface area contributed by atoms with Crippen LogP contribution in [0.5, 0.6) is 0 Å². The average Bonchev–Trinajstić information content (AvgIpc) is 2.24. The Hall–Kier alpha value is -0.960. The minimum Gasteiger partial charge on any atom is -0.388 e. The van der Waals surface area contributed by atoms with Gasteiger partial charge >= 0.3 is 0 Å². The predicted octanol–water partition coefficient (Wildman–Crippen LogP) is 3.97. The number of benzene rings is 1. The third-order valence-corrected chi connectivity index (χ3v) is 2.65. The third-order valence-electron chi connectivity index (χ3n) is 2.65. The fourth-order valence-electron chi connectivity index (χ4n) is 1.69. The summed E-state index contributed by atoms with van der Waals surface area (Å²) in [5.74, 6) is -1.28. The summed E-state index contributed by atoms with van der Waals surface area (Å²) in [7, 11) is 0. The molecule has 0 aliphatic carbocycles. The smallest absolute Gasteiger partial charge is 0.131 e. The predicted molar refractivity (Wildman–Crippen MR) is 60.1 cm³/mol. The second-order valence-electron chi connectivity index (χ2n) is 4.03. The van der Waals surface area contributed by atoms with Gasteiger partial charge in [0.25, 0.3) is 0 Å². The van der Waals surface area contributed by atoms with Gasteiger partial charge in [0.15, 0.2) is 0 Å². The Kier molecular flexibility index (Phi) is 5.39. The van der Waals surface area contributed by atoms with E-state index in [1.165, 1.54) is 12.1 Å². The monoisotopic (exact) mass is 228 g/mol. The van der Waals surface area contributed by atoms with Crippen LogP contribution in [0.4, 0.5) is 8.78 Å². The van der Waals surface area contributed by atoms with E-state index in [4.69, 9.17) is 0 Å². The van der Waals surface area contributed by atoms with Crippen molar-refractivity contribution >= 4 is 0 Å². The van der Waals surface area contributed by atoms with Crippen LogP contribution in [0.3, 0.4) is 0 Å². The third kappa shape index (κ3) is 3.89. The van der Waals surface area contributed by atoms with Crippen molar-refractivity contribution in [3.63, 3.8) is 0 Å².